The van der Waals surface area contributed by atoms with E-state index in [1.54, 1.807) is 11.3 Å². The summed E-state index contributed by atoms with van der Waals surface area (Å²) in [5, 5.41) is 18.6. The van der Waals surface area contributed by atoms with Gasteiger partial charge in [0.25, 0.3) is 5.89 Å². The number of carboxylic acid groups (broad SMARTS) is 1. The minimum absolute atomic E-state index is 0.270. The number of nitrogens with zero attached hydrogens (tertiary/aromatic N) is 3. The predicted molar refractivity (Wildman–Crippen MR) is 74.9 cm³/mol. The van der Waals surface area contributed by atoms with Crippen molar-refractivity contribution in [3.8, 4) is 10.8 Å². The summed E-state index contributed by atoms with van der Waals surface area (Å²) < 4.78 is 11.0. The third-order valence-electron chi connectivity index (χ3n) is 3.22. The lowest BCUT2D eigenvalue weighted by atomic mass is 9.96. The van der Waals surface area contributed by atoms with Crippen molar-refractivity contribution >= 4 is 17.3 Å². The van der Waals surface area contributed by atoms with Crippen LogP contribution in [0.4, 0.5) is 0 Å². The molecule has 1 aliphatic rings. The average Bonchev–Trinajstić information content (AvgIpc) is 3.04. The lowest BCUT2D eigenvalue weighted by Crippen LogP contribution is -2.61. The molecule has 3 rings (SSSR count). The molecule has 0 radical (unpaired) electrons. The summed E-state index contributed by atoms with van der Waals surface area (Å²) in [7, 11) is 0. The van der Waals surface area contributed by atoms with Crippen LogP contribution in [0.3, 0.4) is 0 Å². The number of thiophene rings is 1. The van der Waals surface area contributed by atoms with Gasteiger partial charge in [-0.25, -0.2) is 4.79 Å². The molecule has 0 spiro atoms. The summed E-state index contributed by atoms with van der Waals surface area (Å²) in [6.07, 6.45) is 0. The molecule has 7 nitrogen and oxygen atoms in total. The maximum absolute atomic E-state index is 10.5. The Bertz CT molecular complexity index is 619. The molecule has 0 amide bonds. The Balaban J connectivity index is 1.52. The summed E-state index contributed by atoms with van der Waals surface area (Å²) in [6, 6.07) is 3.87. The highest BCUT2D eigenvalue weighted by Crippen LogP contribution is 2.27. The van der Waals surface area contributed by atoms with E-state index in [1.807, 2.05) is 24.4 Å². The van der Waals surface area contributed by atoms with Gasteiger partial charge in [0.15, 0.2) is 0 Å². The van der Waals surface area contributed by atoms with Crippen LogP contribution in [-0.2, 0) is 16.1 Å². The molecule has 1 fully saturated rings. The molecule has 8 heteroatoms. The van der Waals surface area contributed by atoms with Crippen molar-refractivity contribution in [3.05, 3.63) is 23.4 Å². The quantitative estimate of drug-likeness (QED) is 0.864. The smallest absolute Gasteiger partial charge is 0.329 e. The molecule has 1 saturated heterocycles. The normalized spacial score (nSPS) is 17.6. The first-order valence-corrected chi connectivity index (χ1v) is 7.36. The Morgan fingerprint density at radius 2 is 2.38 bits per heavy atom. The Morgan fingerprint density at radius 3 is 3.05 bits per heavy atom. The van der Waals surface area contributed by atoms with Crippen LogP contribution in [0, 0.1) is 0 Å². The molecule has 1 N–H and O–H groups in total. The minimum Gasteiger partial charge on any atom is -0.480 e. The second-order valence-electron chi connectivity index (χ2n) is 5.26. The molecule has 112 valence electrons. The molecular formula is C13H15N3O4S. The Labute approximate surface area is 125 Å². The highest BCUT2D eigenvalue weighted by atomic mass is 32.1. The van der Waals surface area contributed by atoms with Crippen LogP contribution in [0.5, 0.6) is 0 Å². The fourth-order valence-corrected chi connectivity index (χ4v) is 2.99. The summed E-state index contributed by atoms with van der Waals surface area (Å²) in [5.74, 6) is 0.135. The minimum atomic E-state index is -0.952. The Morgan fingerprint density at radius 1 is 1.57 bits per heavy atom. The summed E-state index contributed by atoms with van der Waals surface area (Å²) in [5.41, 5.74) is -0.408. The van der Waals surface area contributed by atoms with Gasteiger partial charge in [0.2, 0.25) is 5.89 Å². The molecule has 3 heterocycles. The zero-order valence-corrected chi connectivity index (χ0v) is 12.3. The lowest BCUT2D eigenvalue weighted by Gasteiger charge is -2.46. The van der Waals surface area contributed by atoms with E-state index in [4.69, 9.17) is 14.3 Å². The second kappa shape index (κ2) is 5.55. The van der Waals surface area contributed by atoms with E-state index >= 15 is 0 Å². The highest BCUT2D eigenvalue weighted by molar-refractivity contribution is 7.13. The monoisotopic (exact) mass is 309 g/mol. The van der Waals surface area contributed by atoms with E-state index in [-0.39, 0.29) is 6.61 Å². The fraction of sp³-hybridized carbons (Fsp3) is 0.462. The van der Waals surface area contributed by atoms with Crippen molar-refractivity contribution in [1.82, 2.24) is 15.1 Å². The maximum atomic E-state index is 10.5. The number of carbonyl (C=O) groups is 1. The van der Waals surface area contributed by atoms with Crippen molar-refractivity contribution < 1.29 is 19.1 Å². The molecule has 0 bridgehead atoms. The number of aliphatic carboxylic acids is 1. The van der Waals surface area contributed by atoms with Crippen LogP contribution >= 0.6 is 11.3 Å². The van der Waals surface area contributed by atoms with Crippen LogP contribution in [0.1, 0.15) is 12.8 Å². The van der Waals surface area contributed by atoms with Gasteiger partial charge < -0.3 is 14.3 Å². The van der Waals surface area contributed by atoms with Crippen molar-refractivity contribution in [3.63, 3.8) is 0 Å². The van der Waals surface area contributed by atoms with Gasteiger partial charge in [-0.1, -0.05) is 6.07 Å². The third kappa shape index (κ3) is 3.29. The molecular weight excluding hydrogens is 294 g/mol. The number of likely N-dealkylation sites (tertiary alicyclic amines) is 1. The molecule has 0 unspecified atom stereocenters. The summed E-state index contributed by atoms with van der Waals surface area (Å²) in [4.78, 5) is 13.5. The molecule has 1 aliphatic heterocycles. The maximum Gasteiger partial charge on any atom is 0.329 e. The van der Waals surface area contributed by atoms with Gasteiger partial charge in [-0.3, -0.25) is 4.90 Å². The molecule has 2 aromatic heterocycles. The average molecular weight is 309 g/mol. The van der Waals surface area contributed by atoms with Gasteiger partial charge in [0.05, 0.1) is 17.0 Å². The summed E-state index contributed by atoms with van der Waals surface area (Å²) in [6.45, 7) is 3.48. The SMILES string of the molecule is CC1(OCC(=O)O)CN(Cc2nnc(-c3cccs3)o2)C1. The third-order valence-corrected chi connectivity index (χ3v) is 4.08. The van der Waals surface area contributed by atoms with Gasteiger partial charge in [0.1, 0.15) is 6.61 Å². The van der Waals surface area contributed by atoms with Gasteiger partial charge in [0, 0.05) is 13.1 Å². The van der Waals surface area contributed by atoms with E-state index in [9.17, 15) is 4.79 Å². The van der Waals surface area contributed by atoms with Crippen molar-refractivity contribution in [2.24, 2.45) is 0 Å². The summed E-state index contributed by atoms with van der Waals surface area (Å²) >= 11 is 1.55. The van der Waals surface area contributed by atoms with Gasteiger partial charge >= 0.3 is 5.97 Å². The number of rotatable bonds is 6. The van der Waals surface area contributed by atoms with Crippen LogP contribution < -0.4 is 0 Å². The van der Waals surface area contributed by atoms with Crippen LogP contribution in [0.2, 0.25) is 0 Å². The molecule has 0 saturated carbocycles. The molecule has 2 aromatic rings. The Hall–Kier alpha value is -1.77. The Kier molecular flexibility index (Phi) is 3.75. The lowest BCUT2D eigenvalue weighted by molar-refractivity contribution is -0.166. The van der Waals surface area contributed by atoms with Crippen molar-refractivity contribution in [1.29, 1.82) is 0 Å². The van der Waals surface area contributed by atoms with Crippen molar-refractivity contribution in [2.45, 2.75) is 19.1 Å². The first kappa shape index (κ1) is 14.2. The number of hydrogen-bond acceptors (Lipinski definition) is 7. The van der Waals surface area contributed by atoms with E-state index in [0.29, 0.717) is 31.4 Å². The largest absolute Gasteiger partial charge is 0.480 e. The number of hydrogen-bond donors (Lipinski definition) is 1. The number of carboxylic acids is 1. The zero-order chi connectivity index (χ0) is 14.9. The highest BCUT2D eigenvalue weighted by Gasteiger charge is 2.40. The zero-order valence-electron chi connectivity index (χ0n) is 11.5. The van der Waals surface area contributed by atoms with E-state index in [1.165, 1.54) is 0 Å². The second-order valence-corrected chi connectivity index (χ2v) is 6.20. The van der Waals surface area contributed by atoms with Gasteiger partial charge in [-0.2, -0.15) is 0 Å². The first-order valence-electron chi connectivity index (χ1n) is 6.48. The van der Waals surface area contributed by atoms with Crippen LogP contribution in [-0.4, -0.2) is 51.5 Å². The number of ether oxygens (including phenoxy) is 1. The topological polar surface area (TPSA) is 88.7 Å². The molecule has 0 aromatic carbocycles. The molecule has 0 atom stereocenters. The molecule has 21 heavy (non-hydrogen) atoms. The van der Waals surface area contributed by atoms with E-state index < -0.39 is 11.6 Å². The van der Waals surface area contributed by atoms with Crippen molar-refractivity contribution in [2.75, 3.05) is 19.7 Å². The van der Waals surface area contributed by atoms with E-state index in [2.05, 4.69) is 15.1 Å². The molecule has 0 aliphatic carbocycles. The van der Waals surface area contributed by atoms with Gasteiger partial charge in [-0.05, 0) is 18.4 Å². The standard InChI is InChI=1S/C13H15N3O4S/c1-13(19-6-11(17)18)7-16(8-13)5-10-14-15-12(20-10)9-3-2-4-21-9/h2-4H,5-8H2,1H3,(H,17,18). The van der Waals surface area contributed by atoms with Gasteiger partial charge in [-0.15, -0.1) is 21.5 Å². The fourth-order valence-electron chi connectivity index (χ4n) is 2.35. The first-order chi connectivity index (χ1) is 10.0. The van der Waals surface area contributed by atoms with E-state index in [0.717, 1.165) is 4.88 Å². The van der Waals surface area contributed by atoms with Crippen LogP contribution in [0.15, 0.2) is 21.9 Å². The number of aromatic nitrogens is 2. The predicted octanol–water partition coefficient (Wildman–Crippen LogP) is 1.47. The van der Waals surface area contributed by atoms with Crippen LogP contribution in [0.25, 0.3) is 10.8 Å².